The van der Waals surface area contributed by atoms with E-state index in [4.69, 9.17) is 14.2 Å². The maximum absolute atomic E-state index is 12.7. The van der Waals surface area contributed by atoms with E-state index in [2.05, 4.69) is 25.1 Å². The van der Waals surface area contributed by atoms with Crippen molar-refractivity contribution in [3.63, 3.8) is 0 Å². The fourth-order valence-corrected chi connectivity index (χ4v) is 6.66. The van der Waals surface area contributed by atoms with Crippen molar-refractivity contribution < 1.29 is 28.1 Å². The standard InChI is InChI=1S/C31H39NO6S/c1-5-22-15-16-24(28(19-31(33)37-7-3)23-11-10-12-27(18-23)36-4)17-25(22)20-32-21-26(6-2)38-29-13-8-9-14-30(29)39(32,34)35/h8-18,26,28,34-35H,5-7,19-21H2,1-4H3/t26-,28?/m1/s1. The number of ether oxygens (including phenoxy) is 3. The van der Waals surface area contributed by atoms with E-state index < -0.39 is 10.8 Å². The number of nitrogens with zero attached hydrogens (tertiary/aromatic N) is 1. The summed E-state index contributed by atoms with van der Waals surface area (Å²) in [7, 11) is -1.66. The van der Waals surface area contributed by atoms with Crippen LogP contribution in [0.15, 0.2) is 71.6 Å². The SMILES string of the molecule is CCOC(=O)CC(c1cccc(OC)c1)c1ccc(CC)c(CN2C[C@@H](CC)Oc3ccccc3S2(O)O)c1. The third kappa shape index (κ3) is 6.58. The third-order valence-electron chi connectivity index (χ3n) is 7.19. The number of carbonyl (C=O) groups is 1. The summed E-state index contributed by atoms with van der Waals surface area (Å²) in [5, 5.41) is 0. The minimum absolute atomic E-state index is 0.179. The molecule has 0 saturated carbocycles. The molecule has 0 fully saturated rings. The van der Waals surface area contributed by atoms with Gasteiger partial charge < -0.3 is 14.2 Å². The molecule has 3 aromatic rings. The van der Waals surface area contributed by atoms with Crippen molar-refractivity contribution >= 4 is 16.7 Å². The molecular weight excluding hydrogens is 514 g/mol. The Labute approximate surface area is 233 Å². The fourth-order valence-electron chi connectivity index (χ4n) is 5.05. The van der Waals surface area contributed by atoms with Crippen LogP contribution >= 0.6 is 10.8 Å². The molecule has 7 nitrogen and oxygen atoms in total. The molecule has 2 atom stereocenters. The molecule has 0 aromatic heterocycles. The molecule has 4 rings (SSSR count). The molecule has 0 saturated heterocycles. The van der Waals surface area contributed by atoms with Crippen LogP contribution in [0.1, 0.15) is 61.8 Å². The zero-order chi connectivity index (χ0) is 28.0. The first kappa shape index (κ1) is 29.0. The summed E-state index contributed by atoms with van der Waals surface area (Å²) in [5.74, 6) is 0.715. The number of hydrogen-bond acceptors (Lipinski definition) is 7. The van der Waals surface area contributed by atoms with E-state index in [-0.39, 0.29) is 24.4 Å². The summed E-state index contributed by atoms with van der Waals surface area (Å²) in [6.45, 7) is 6.95. The van der Waals surface area contributed by atoms with Gasteiger partial charge in [-0.2, -0.15) is 4.31 Å². The lowest BCUT2D eigenvalue weighted by Crippen LogP contribution is -2.34. The summed E-state index contributed by atoms with van der Waals surface area (Å²) in [5.41, 5.74) is 4.01. The lowest BCUT2D eigenvalue weighted by atomic mass is 9.86. The Kier molecular flexibility index (Phi) is 9.56. The first-order valence-corrected chi connectivity index (χ1v) is 15.0. The zero-order valence-electron chi connectivity index (χ0n) is 23.1. The highest BCUT2D eigenvalue weighted by atomic mass is 32.3. The van der Waals surface area contributed by atoms with Gasteiger partial charge in [0.25, 0.3) is 0 Å². The number of benzene rings is 3. The van der Waals surface area contributed by atoms with E-state index in [0.29, 0.717) is 30.3 Å². The molecule has 0 aliphatic carbocycles. The Balaban J connectivity index is 1.75. The number of fused-ring (bicyclic) bond motifs is 1. The predicted molar refractivity (Wildman–Crippen MR) is 155 cm³/mol. The van der Waals surface area contributed by atoms with Crippen molar-refractivity contribution in [3.05, 3.63) is 89.0 Å². The van der Waals surface area contributed by atoms with Crippen LogP contribution < -0.4 is 9.47 Å². The molecule has 210 valence electrons. The zero-order valence-corrected chi connectivity index (χ0v) is 23.9. The molecule has 39 heavy (non-hydrogen) atoms. The molecule has 1 aliphatic rings. The smallest absolute Gasteiger partial charge is 0.306 e. The lowest BCUT2D eigenvalue weighted by Gasteiger charge is -2.42. The first-order chi connectivity index (χ1) is 18.8. The maximum atomic E-state index is 12.7. The van der Waals surface area contributed by atoms with Gasteiger partial charge in [-0.05, 0) is 66.3 Å². The second-order valence-electron chi connectivity index (χ2n) is 9.66. The van der Waals surface area contributed by atoms with Gasteiger partial charge in [-0.1, -0.05) is 56.3 Å². The highest BCUT2D eigenvalue weighted by Crippen LogP contribution is 2.57. The van der Waals surface area contributed by atoms with E-state index in [9.17, 15) is 13.9 Å². The highest BCUT2D eigenvalue weighted by molar-refractivity contribution is 8.22. The molecule has 0 spiro atoms. The van der Waals surface area contributed by atoms with E-state index in [1.807, 2.05) is 37.3 Å². The van der Waals surface area contributed by atoms with Crippen molar-refractivity contribution in [2.75, 3.05) is 20.3 Å². The molecule has 3 aromatic carbocycles. The number of rotatable bonds is 10. The monoisotopic (exact) mass is 553 g/mol. The van der Waals surface area contributed by atoms with Crippen molar-refractivity contribution in [2.45, 2.75) is 63.5 Å². The summed E-state index contributed by atoms with van der Waals surface area (Å²) < 4.78 is 41.7. The van der Waals surface area contributed by atoms with Gasteiger partial charge in [-0.25, -0.2) is 0 Å². The molecular formula is C31H39NO6S. The Morgan fingerprint density at radius 1 is 1.03 bits per heavy atom. The van der Waals surface area contributed by atoms with Gasteiger partial charge in [0.15, 0.2) is 0 Å². The molecule has 1 heterocycles. The van der Waals surface area contributed by atoms with Gasteiger partial charge in [0.1, 0.15) is 22.5 Å². The van der Waals surface area contributed by atoms with Crippen LogP contribution in [-0.4, -0.2) is 45.7 Å². The Hall–Kier alpha value is -3.04. The van der Waals surface area contributed by atoms with Gasteiger partial charge in [0, 0.05) is 12.5 Å². The molecule has 1 unspecified atom stereocenters. The summed E-state index contributed by atoms with van der Waals surface area (Å²) in [6.07, 6.45) is 1.53. The van der Waals surface area contributed by atoms with Crippen molar-refractivity contribution in [2.24, 2.45) is 0 Å². The quantitative estimate of drug-likeness (QED) is 0.260. The predicted octanol–water partition coefficient (Wildman–Crippen LogP) is 7.04. The van der Waals surface area contributed by atoms with Crippen LogP contribution in [0.25, 0.3) is 0 Å². The van der Waals surface area contributed by atoms with E-state index >= 15 is 0 Å². The van der Waals surface area contributed by atoms with Crippen LogP contribution in [-0.2, 0) is 22.5 Å². The average molecular weight is 554 g/mol. The van der Waals surface area contributed by atoms with E-state index in [0.717, 1.165) is 40.8 Å². The van der Waals surface area contributed by atoms with Crippen LogP contribution in [0, 0.1) is 0 Å². The third-order valence-corrected chi connectivity index (χ3v) is 9.12. The first-order valence-electron chi connectivity index (χ1n) is 13.5. The number of methoxy groups -OCH3 is 1. The van der Waals surface area contributed by atoms with Crippen LogP contribution in [0.2, 0.25) is 0 Å². The molecule has 0 radical (unpaired) electrons. The summed E-state index contributed by atoms with van der Waals surface area (Å²) in [4.78, 5) is 13.1. The molecule has 0 amide bonds. The Morgan fingerprint density at radius 2 is 1.79 bits per heavy atom. The topological polar surface area (TPSA) is 88.5 Å². The summed E-state index contributed by atoms with van der Waals surface area (Å²) in [6, 6.07) is 21.1. The minimum atomic E-state index is -3.29. The van der Waals surface area contributed by atoms with Gasteiger partial charge >= 0.3 is 5.97 Å². The lowest BCUT2D eigenvalue weighted by molar-refractivity contribution is -0.143. The second kappa shape index (κ2) is 12.9. The summed E-state index contributed by atoms with van der Waals surface area (Å²) >= 11 is 0. The van der Waals surface area contributed by atoms with Crippen LogP contribution in [0.4, 0.5) is 0 Å². The average Bonchev–Trinajstić information content (AvgIpc) is 3.05. The van der Waals surface area contributed by atoms with Gasteiger partial charge in [-0.15, -0.1) is 10.8 Å². The van der Waals surface area contributed by atoms with Crippen LogP contribution in [0.5, 0.6) is 11.5 Å². The number of hydrogen-bond donors (Lipinski definition) is 2. The van der Waals surface area contributed by atoms with Crippen LogP contribution in [0.3, 0.4) is 0 Å². The molecule has 2 N–H and O–H groups in total. The Morgan fingerprint density at radius 3 is 2.51 bits per heavy atom. The van der Waals surface area contributed by atoms with Crippen molar-refractivity contribution in [3.8, 4) is 11.5 Å². The van der Waals surface area contributed by atoms with Gasteiger partial charge in [0.05, 0.1) is 26.7 Å². The molecule has 1 aliphatic heterocycles. The highest BCUT2D eigenvalue weighted by Gasteiger charge is 2.35. The second-order valence-corrected chi connectivity index (χ2v) is 11.7. The van der Waals surface area contributed by atoms with E-state index in [1.54, 1.807) is 36.5 Å². The number of aryl methyl sites for hydroxylation is 1. The molecule has 0 bridgehead atoms. The number of carbonyl (C=O) groups excluding carboxylic acids is 1. The number of para-hydroxylation sites is 1. The fraction of sp³-hybridized carbons (Fsp3) is 0.387. The Bertz CT molecular complexity index is 1280. The largest absolute Gasteiger partial charge is 0.497 e. The van der Waals surface area contributed by atoms with Crippen molar-refractivity contribution in [1.82, 2.24) is 4.31 Å². The minimum Gasteiger partial charge on any atom is -0.497 e. The van der Waals surface area contributed by atoms with Crippen molar-refractivity contribution in [1.29, 1.82) is 0 Å². The maximum Gasteiger partial charge on any atom is 0.306 e. The van der Waals surface area contributed by atoms with Gasteiger partial charge in [0.2, 0.25) is 0 Å². The molecule has 8 heteroatoms. The van der Waals surface area contributed by atoms with E-state index in [1.165, 1.54) is 0 Å². The van der Waals surface area contributed by atoms with Gasteiger partial charge in [-0.3, -0.25) is 13.9 Å². The normalized spacial score (nSPS) is 18.3. The number of esters is 1.